The predicted molar refractivity (Wildman–Crippen MR) is 51.6 cm³/mol. The van der Waals surface area contributed by atoms with Gasteiger partial charge in [0.15, 0.2) is 0 Å². The summed E-state index contributed by atoms with van der Waals surface area (Å²) < 4.78 is 25.9. The highest BCUT2D eigenvalue weighted by Crippen LogP contribution is 2.32. The summed E-state index contributed by atoms with van der Waals surface area (Å²) in [5, 5.41) is 3.29. The molecule has 0 radical (unpaired) electrons. The van der Waals surface area contributed by atoms with E-state index in [1.165, 1.54) is 0 Å². The first-order valence-corrected chi connectivity index (χ1v) is 5.30. The smallest absolute Gasteiger partial charge is 0.261 e. The van der Waals surface area contributed by atoms with E-state index in [0.29, 0.717) is 6.54 Å². The summed E-state index contributed by atoms with van der Waals surface area (Å²) in [6, 6.07) is 0. The minimum absolute atomic E-state index is 0.0382. The predicted octanol–water partition coefficient (Wildman–Crippen LogP) is 1.33. The zero-order valence-electron chi connectivity index (χ0n) is 8.65. The SMILES string of the molecule is CC1(CN2CCC(F)(F)C2)CCNC1. The fourth-order valence-corrected chi connectivity index (χ4v) is 2.49. The largest absolute Gasteiger partial charge is 0.316 e. The standard InChI is InChI=1S/C10H18F2N2/c1-9(2-4-13-6-9)7-14-5-3-10(11,12)8-14/h13H,2-8H2,1H3. The molecule has 1 atom stereocenters. The molecule has 82 valence electrons. The van der Waals surface area contributed by atoms with Gasteiger partial charge in [-0.25, -0.2) is 8.78 Å². The zero-order valence-corrected chi connectivity index (χ0v) is 8.65. The molecule has 1 unspecified atom stereocenters. The van der Waals surface area contributed by atoms with Crippen LogP contribution < -0.4 is 5.32 Å². The molecule has 1 N–H and O–H groups in total. The van der Waals surface area contributed by atoms with E-state index in [-0.39, 0.29) is 18.4 Å². The maximum Gasteiger partial charge on any atom is 0.261 e. The van der Waals surface area contributed by atoms with E-state index >= 15 is 0 Å². The highest BCUT2D eigenvalue weighted by Gasteiger charge is 2.41. The molecule has 0 aliphatic carbocycles. The highest BCUT2D eigenvalue weighted by molar-refractivity contribution is 4.90. The van der Waals surface area contributed by atoms with Gasteiger partial charge in [-0.15, -0.1) is 0 Å². The molecule has 2 aliphatic rings. The fourth-order valence-electron chi connectivity index (χ4n) is 2.49. The molecular weight excluding hydrogens is 186 g/mol. The van der Waals surface area contributed by atoms with Gasteiger partial charge in [0, 0.05) is 26.1 Å². The van der Waals surface area contributed by atoms with Gasteiger partial charge in [0.2, 0.25) is 0 Å². The molecule has 0 aromatic rings. The van der Waals surface area contributed by atoms with Gasteiger partial charge < -0.3 is 5.32 Å². The lowest BCUT2D eigenvalue weighted by Gasteiger charge is -2.28. The van der Waals surface area contributed by atoms with Crippen LogP contribution in [0.1, 0.15) is 19.8 Å². The molecule has 0 aromatic carbocycles. The Kier molecular flexibility index (Phi) is 2.52. The van der Waals surface area contributed by atoms with Crippen molar-refractivity contribution >= 4 is 0 Å². The first kappa shape index (κ1) is 10.3. The molecule has 0 amide bonds. The minimum Gasteiger partial charge on any atom is -0.316 e. The van der Waals surface area contributed by atoms with Crippen LogP contribution in [-0.2, 0) is 0 Å². The van der Waals surface area contributed by atoms with E-state index < -0.39 is 5.92 Å². The van der Waals surface area contributed by atoms with Crippen molar-refractivity contribution in [1.29, 1.82) is 0 Å². The Hall–Kier alpha value is -0.220. The summed E-state index contributed by atoms with van der Waals surface area (Å²) in [5.41, 5.74) is 0.209. The third-order valence-corrected chi connectivity index (χ3v) is 3.31. The van der Waals surface area contributed by atoms with Gasteiger partial charge in [0.1, 0.15) is 0 Å². The maximum atomic E-state index is 12.9. The molecule has 2 saturated heterocycles. The molecule has 0 bridgehead atoms. The quantitative estimate of drug-likeness (QED) is 0.730. The summed E-state index contributed by atoms with van der Waals surface area (Å²) in [4.78, 5) is 1.91. The Morgan fingerprint density at radius 1 is 1.36 bits per heavy atom. The second kappa shape index (κ2) is 3.42. The van der Waals surface area contributed by atoms with E-state index in [2.05, 4.69) is 12.2 Å². The zero-order chi connectivity index (χ0) is 10.2. The van der Waals surface area contributed by atoms with Gasteiger partial charge in [-0.2, -0.15) is 0 Å². The van der Waals surface area contributed by atoms with Crippen molar-refractivity contribution in [2.45, 2.75) is 25.7 Å². The molecular formula is C10H18F2N2. The summed E-state index contributed by atoms with van der Waals surface area (Å²) in [7, 11) is 0. The van der Waals surface area contributed by atoms with E-state index in [0.717, 1.165) is 26.1 Å². The number of nitrogens with zero attached hydrogens (tertiary/aromatic N) is 1. The lowest BCUT2D eigenvalue weighted by atomic mass is 9.89. The van der Waals surface area contributed by atoms with Crippen molar-refractivity contribution in [3.63, 3.8) is 0 Å². The van der Waals surface area contributed by atoms with Gasteiger partial charge in [0.25, 0.3) is 5.92 Å². The van der Waals surface area contributed by atoms with E-state index in [1.807, 2.05) is 4.90 Å². The first-order chi connectivity index (χ1) is 6.49. The molecule has 0 aromatic heterocycles. The monoisotopic (exact) mass is 204 g/mol. The van der Waals surface area contributed by atoms with Crippen LogP contribution in [0.15, 0.2) is 0 Å². The van der Waals surface area contributed by atoms with Crippen LogP contribution >= 0.6 is 0 Å². The first-order valence-electron chi connectivity index (χ1n) is 5.30. The third-order valence-electron chi connectivity index (χ3n) is 3.31. The number of nitrogens with one attached hydrogen (secondary N) is 1. The third kappa shape index (κ3) is 2.23. The van der Waals surface area contributed by atoms with Crippen LogP contribution in [0.25, 0.3) is 0 Å². The summed E-state index contributed by atoms with van der Waals surface area (Å²) in [6.07, 6.45) is 1.14. The number of likely N-dealkylation sites (tertiary alicyclic amines) is 1. The Labute approximate surface area is 83.7 Å². The lowest BCUT2D eigenvalue weighted by Crippen LogP contribution is -2.37. The van der Waals surface area contributed by atoms with Gasteiger partial charge in [-0.1, -0.05) is 6.92 Å². The minimum atomic E-state index is -2.44. The molecule has 0 spiro atoms. The van der Waals surface area contributed by atoms with Crippen molar-refractivity contribution < 1.29 is 8.78 Å². The van der Waals surface area contributed by atoms with Crippen molar-refractivity contribution in [1.82, 2.24) is 10.2 Å². The van der Waals surface area contributed by atoms with E-state index in [9.17, 15) is 8.78 Å². The van der Waals surface area contributed by atoms with Crippen LogP contribution in [0.3, 0.4) is 0 Å². The summed E-state index contributed by atoms with van der Waals surface area (Å²) in [6.45, 7) is 5.51. The van der Waals surface area contributed by atoms with Crippen molar-refractivity contribution in [3.05, 3.63) is 0 Å². The van der Waals surface area contributed by atoms with Crippen LogP contribution in [-0.4, -0.2) is 43.5 Å². The molecule has 0 saturated carbocycles. The average Bonchev–Trinajstić information content (AvgIpc) is 2.59. The van der Waals surface area contributed by atoms with Gasteiger partial charge >= 0.3 is 0 Å². The number of hydrogen-bond donors (Lipinski definition) is 1. The topological polar surface area (TPSA) is 15.3 Å². The Morgan fingerprint density at radius 3 is 2.64 bits per heavy atom. The average molecular weight is 204 g/mol. The molecule has 2 aliphatic heterocycles. The summed E-state index contributed by atoms with van der Waals surface area (Å²) >= 11 is 0. The Morgan fingerprint density at radius 2 is 2.14 bits per heavy atom. The second-order valence-corrected chi connectivity index (χ2v) is 5.05. The van der Waals surface area contributed by atoms with Crippen molar-refractivity contribution in [2.24, 2.45) is 5.41 Å². The van der Waals surface area contributed by atoms with E-state index in [1.54, 1.807) is 0 Å². The van der Waals surface area contributed by atoms with E-state index in [4.69, 9.17) is 0 Å². The normalized spacial score (nSPS) is 37.9. The fraction of sp³-hybridized carbons (Fsp3) is 1.00. The van der Waals surface area contributed by atoms with Crippen LogP contribution in [0.4, 0.5) is 8.78 Å². The number of alkyl halides is 2. The lowest BCUT2D eigenvalue weighted by molar-refractivity contribution is 0.00893. The second-order valence-electron chi connectivity index (χ2n) is 5.05. The van der Waals surface area contributed by atoms with Gasteiger partial charge in [-0.3, -0.25) is 4.90 Å². The number of halogens is 2. The van der Waals surface area contributed by atoms with Gasteiger partial charge in [-0.05, 0) is 18.4 Å². The van der Waals surface area contributed by atoms with Crippen LogP contribution in [0.2, 0.25) is 0 Å². The number of rotatable bonds is 2. The molecule has 2 rings (SSSR count). The molecule has 2 fully saturated rings. The molecule has 14 heavy (non-hydrogen) atoms. The molecule has 2 heterocycles. The Balaban J connectivity index is 1.86. The summed E-state index contributed by atoms with van der Waals surface area (Å²) in [5.74, 6) is -2.44. The van der Waals surface area contributed by atoms with Gasteiger partial charge in [0.05, 0.1) is 6.54 Å². The van der Waals surface area contributed by atoms with Crippen molar-refractivity contribution in [3.8, 4) is 0 Å². The maximum absolute atomic E-state index is 12.9. The van der Waals surface area contributed by atoms with Crippen LogP contribution in [0, 0.1) is 5.41 Å². The Bertz CT molecular complexity index is 212. The molecule has 4 heteroatoms. The molecule has 2 nitrogen and oxygen atoms in total. The van der Waals surface area contributed by atoms with Crippen molar-refractivity contribution in [2.75, 3.05) is 32.7 Å². The highest BCUT2D eigenvalue weighted by atomic mass is 19.3. The number of hydrogen-bond acceptors (Lipinski definition) is 2. The van der Waals surface area contributed by atoms with Crippen LogP contribution in [0.5, 0.6) is 0 Å².